The molecule has 3 rings (SSSR count). The number of nitrogens with zero attached hydrogens (tertiary/aromatic N) is 3. The molecule has 3 aromatic rings. The minimum Gasteiger partial charge on any atom is -0.355 e. The second-order valence-corrected chi connectivity index (χ2v) is 7.84. The van der Waals surface area contributed by atoms with E-state index in [0.29, 0.717) is 18.2 Å². The minimum absolute atomic E-state index is 0.0186. The lowest BCUT2D eigenvalue weighted by Crippen LogP contribution is -2.29. The zero-order valence-electron chi connectivity index (χ0n) is 14.9. The summed E-state index contributed by atoms with van der Waals surface area (Å²) in [6.07, 6.45) is 0.991. The maximum atomic E-state index is 12.2. The molecular formula is C19H22N4OS2. The summed E-state index contributed by atoms with van der Waals surface area (Å²) in [6.45, 7) is 2.80. The number of thioether (sulfide) groups is 1. The van der Waals surface area contributed by atoms with Crippen LogP contribution in [0.5, 0.6) is 0 Å². The van der Waals surface area contributed by atoms with Gasteiger partial charge in [0.1, 0.15) is 0 Å². The van der Waals surface area contributed by atoms with Gasteiger partial charge in [0, 0.05) is 19.5 Å². The summed E-state index contributed by atoms with van der Waals surface area (Å²) < 4.78 is 1.93. The molecule has 1 unspecified atom stereocenters. The highest BCUT2D eigenvalue weighted by atomic mass is 32.2. The zero-order chi connectivity index (χ0) is 18.4. The van der Waals surface area contributed by atoms with Crippen LogP contribution < -0.4 is 5.32 Å². The molecule has 0 radical (unpaired) electrons. The molecule has 0 bridgehead atoms. The van der Waals surface area contributed by atoms with E-state index in [2.05, 4.69) is 34.6 Å². The molecule has 0 saturated carbocycles. The first-order chi connectivity index (χ1) is 12.7. The van der Waals surface area contributed by atoms with Crippen molar-refractivity contribution in [1.82, 2.24) is 20.1 Å². The largest absolute Gasteiger partial charge is 0.355 e. The van der Waals surface area contributed by atoms with Crippen LogP contribution in [-0.4, -0.2) is 33.0 Å². The highest BCUT2D eigenvalue weighted by Gasteiger charge is 2.14. The number of nitrogens with one attached hydrogen (secondary N) is 1. The SMILES string of the molecule is CCC(CNC(=O)CSc1nnc(-c2cccs2)n1C)c1ccccc1. The lowest BCUT2D eigenvalue weighted by atomic mass is 9.96. The average molecular weight is 387 g/mol. The predicted molar refractivity (Wildman–Crippen MR) is 108 cm³/mol. The van der Waals surface area contributed by atoms with E-state index >= 15 is 0 Å². The van der Waals surface area contributed by atoms with Gasteiger partial charge in [-0.25, -0.2) is 0 Å². The van der Waals surface area contributed by atoms with Gasteiger partial charge in [-0.3, -0.25) is 4.79 Å². The maximum absolute atomic E-state index is 12.2. The van der Waals surface area contributed by atoms with E-state index in [1.165, 1.54) is 17.3 Å². The molecule has 1 N–H and O–H groups in total. The molecule has 0 fully saturated rings. The number of carbonyl (C=O) groups is 1. The van der Waals surface area contributed by atoms with Gasteiger partial charge in [0.25, 0.3) is 0 Å². The average Bonchev–Trinajstić information content (AvgIpc) is 3.31. The van der Waals surface area contributed by atoms with Crippen molar-refractivity contribution in [3.8, 4) is 10.7 Å². The van der Waals surface area contributed by atoms with Crippen LogP contribution in [0.2, 0.25) is 0 Å². The first kappa shape index (κ1) is 18.7. The van der Waals surface area contributed by atoms with Crippen LogP contribution in [-0.2, 0) is 11.8 Å². The van der Waals surface area contributed by atoms with Crippen molar-refractivity contribution < 1.29 is 4.79 Å². The molecule has 26 heavy (non-hydrogen) atoms. The molecule has 7 heteroatoms. The second-order valence-electron chi connectivity index (χ2n) is 5.95. The van der Waals surface area contributed by atoms with Crippen molar-refractivity contribution in [2.75, 3.05) is 12.3 Å². The van der Waals surface area contributed by atoms with Gasteiger partial charge < -0.3 is 9.88 Å². The number of hydrogen-bond acceptors (Lipinski definition) is 5. The summed E-state index contributed by atoms with van der Waals surface area (Å²) in [6, 6.07) is 14.3. The number of carbonyl (C=O) groups excluding carboxylic acids is 1. The smallest absolute Gasteiger partial charge is 0.230 e. The lowest BCUT2D eigenvalue weighted by Gasteiger charge is -2.16. The minimum atomic E-state index is 0.0186. The van der Waals surface area contributed by atoms with Gasteiger partial charge in [-0.05, 0) is 23.4 Å². The quantitative estimate of drug-likeness (QED) is 0.596. The number of thiophene rings is 1. The number of hydrogen-bond donors (Lipinski definition) is 1. The first-order valence-corrected chi connectivity index (χ1v) is 10.4. The third kappa shape index (κ3) is 4.53. The van der Waals surface area contributed by atoms with Crippen molar-refractivity contribution in [1.29, 1.82) is 0 Å². The molecule has 0 spiro atoms. The monoisotopic (exact) mass is 386 g/mol. The molecule has 0 aliphatic rings. The van der Waals surface area contributed by atoms with Crippen LogP contribution in [0.25, 0.3) is 10.7 Å². The van der Waals surface area contributed by atoms with E-state index in [9.17, 15) is 4.79 Å². The number of aromatic nitrogens is 3. The topological polar surface area (TPSA) is 59.8 Å². The van der Waals surface area contributed by atoms with Crippen LogP contribution in [0.1, 0.15) is 24.8 Å². The van der Waals surface area contributed by atoms with Crippen molar-refractivity contribution in [3.63, 3.8) is 0 Å². The van der Waals surface area contributed by atoms with Crippen LogP contribution in [0, 0.1) is 0 Å². The van der Waals surface area contributed by atoms with Gasteiger partial charge in [-0.15, -0.1) is 21.5 Å². The molecule has 1 aromatic carbocycles. The summed E-state index contributed by atoms with van der Waals surface area (Å²) in [5.41, 5.74) is 1.26. The predicted octanol–water partition coefficient (Wildman–Crippen LogP) is 3.95. The Morgan fingerprint density at radius 2 is 2.04 bits per heavy atom. The summed E-state index contributed by atoms with van der Waals surface area (Å²) in [7, 11) is 1.93. The third-order valence-electron chi connectivity index (χ3n) is 4.22. The Bertz CT molecular complexity index is 831. The lowest BCUT2D eigenvalue weighted by molar-refractivity contribution is -0.118. The molecule has 2 heterocycles. The van der Waals surface area contributed by atoms with Crippen molar-refractivity contribution in [2.24, 2.45) is 7.05 Å². The molecule has 0 aliphatic carbocycles. The highest BCUT2D eigenvalue weighted by Crippen LogP contribution is 2.26. The molecule has 5 nitrogen and oxygen atoms in total. The molecule has 136 valence electrons. The molecular weight excluding hydrogens is 364 g/mol. The second kappa shape index (κ2) is 9.00. The van der Waals surface area contributed by atoms with Crippen LogP contribution >= 0.6 is 23.1 Å². The van der Waals surface area contributed by atoms with E-state index < -0.39 is 0 Å². The zero-order valence-corrected chi connectivity index (χ0v) is 16.5. The summed E-state index contributed by atoms with van der Waals surface area (Å²) in [5.74, 6) is 1.52. The van der Waals surface area contributed by atoms with E-state index in [1.807, 2.05) is 47.3 Å². The van der Waals surface area contributed by atoms with Gasteiger partial charge in [-0.1, -0.05) is 55.1 Å². The fraction of sp³-hybridized carbons (Fsp3) is 0.316. The van der Waals surface area contributed by atoms with Gasteiger partial charge in [0.2, 0.25) is 5.91 Å². The maximum Gasteiger partial charge on any atom is 0.230 e. The van der Waals surface area contributed by atoms with Gasteiger partial charge in [-0.2, -0.15) is 0 Å². The number of rotatable bonds is 8. The Balaban J connectivity index is 1.51. The Hall–Kier alpha value is -2.12. The molecule has 1 atom stereocenters. The van der Waals surface area contributed by atoms with Crippen LogP contribution in [0.15, 0.2) is 53.0 Å². The van der Waals surface area contributed by atoms with E-state index in [4.69, 9.17) is 0 Å². The first-order valence-electron chi connectivity index (χ1n) is 8.56. The molecule has 1 amide bonds. The van der Waals surface area contributed by atoms with Gasteiger partial charge in [0.15, 0.2) is 11.0 Å². The summed E-state index contributed by atoms with van der Waals surface area (Å²) >= 11 is 3.04. The van der Waals surface area contributed by atoms with Crippen LogP contribution in [0.4, 0.5) is 0 Å². The van der Waals surface area contributed by atoms with E-state index in [0.717, 1.165) is 22.3 Å². The number of amides is 1. The number of benzene rings is 1. The Kier molecular flexibility index (Phi) is 6.46. The van der Waals surface area contributed by atoms with E-state index in [1.54, 1.807) is 11.3 Å². The van der Waals surface area contributed by atoms with E-state index in [-0.39, 0.29) is 5.91 Å². The fourth-order valence-corrected chi connectivity index (χ4v) is 4.19. The molecule has 0 saturated heterocycles. The normalized spacial score (nSPS) is 12.1. The summed E-state index contributed by atoms with van der Waals surface area (Å²) in [5, 5.41) is 14.2. The molecule has 0 aliphatic heterocycles. The van der Waals surface area contributed by atoms with Crippen molar-refractivity contribution in [2.45, 2.75) is 24.4 Å². The van der Waals surface area contributed by atoms with Crippen LogP contribution in [0.3, 0.4) is 0 Å². The van der Waals surface area contributed by atoms with Gasteiger partial charge in [0.05, 0.1) is 10.6 Å². The Labute approximate surface area is 161 Å². The molecule has 2 aromatic heterocycles. The highest BCUT2D eigenvalue weighted by molar-refractivity contribution is 7.99. The Morgan fingerprint density at radius 3 is 2.73 bits per heavy atom. The third-order valence-corrected chi connectivity index (χ3v) is 6.10. The standard InChI is InChI=1S/C19H22N4OS2/c1-3-14(15-8-5-4-6-9-15)12-20-17(24)13-26-19-22-21-18(23(19)2)16-10-7-11-25-16/h4-11,14H,3,12-13H2,1-2H3,(H,20,24). The van der Waals surface area contributed by atoms with Crippen molar-refractivity contribution in [3.05, 3.63) is 53.4 Å². The fourth-order valence-electron chi connectivity index (χ4n) is 2.70. The van der Waals surface area contributed by atoms with Crippen molar-refractivity contribution >= 4 is 29.0 Å². The summed E-state index contributed by atoms with van der Waals surface area (Å²) in [4.78, 5) is 13.3. The Morgan fingerprint density at radius 1 is 1.23 bits per heavy atom. The van der Waals surface area contributed by atoms with Gasteiger partial charge >= 0.3 is 0 Å².